The third-order valence-corrected chi connectivity index (χ3v) is 2.22. The first-order valence-electron chi connectivity index (χ1n) is 5.09. The molecule has 0 aliphatic carbocycles. The zero-order chi connectivity index (χ0) is 10.8. The Kier molecular flexibility index (Phi) is 2.81. The second kappa shape index (κ2) is 4.10. The van der Waals surface area contributed by atoms with Crippen LogP contribution in [0.4, 0.5) is 4.39 Å². The van der Waals surface area contributed by atoms with Crippen molar-refractivity contribution in [3.63, 3.8) is 0 Å². The highest BCUT2D eigenvalue weighted by molar-refractivity contribution is 5.31. The number of aromatic nitrogens is 2. The van der Waals surface area contributed by atoms with E-state index in [-0.39, 0.29) is 6.10 Å². The summed E-state index contributed by atoms with van der Waals surface area (Å²) < 4.78 is 18.5. The van der Waals surface area contributed by atoms with E-state index in [4.69, 9.17) is 4.74 Å². The van der Waals surface area contributed by atoms with Crippen molar-refractivity contribution >= 4 is 0 Å². The Morgan fingerprint density at radius 1 is 1.40 bits per heavy atom. The maximum absolute atomic E-state index is 13.1. The van der Waals surface area contributed by atoms with Gasteiger partial charge in [0.2, 0.25) is 5.88 Å². The van der Waals surface area contributed by atoms with Gasteiger partial charge in [0.1, 0.15) is 0 Å². The Morgan fingerprint density at radius 2 is 2.20 bits per heavy atom. The van der Waals surface area contributed by atoms with Crippen LogP contribution in [0.15, 0.2) is 0 Å². The van der Waals surface area contributed by atoms with E-state index in [1.807, 2.05) is 13.8 Å². The predicted molar refractivity (Wildman–Crippen MR) is 53.2 cm³/mol. The molecule has 1 N–H and O–H groups in total. The highest BCUT2D eigenvalue weighted by atomic mass is 19.1. The van der Waals surface area contributed by atoms with Gasteiger partial charge in [-0.1, -0.05) is 0 Å². The number of hydrogen-bond donors (Lipinski definition) is 1. The van der Waals surface area contributed by atoms with Crippen LogP contribution in [0.1, 0.15) is 25.1 Å². The van der Waals surface area contributed by atoms with Gasteiger partial charge in [0.05, 0.1) is 11.8 Å². The van der Waals surface area contributed by atoms with Gasteiger partial charge >= 0.3 is 6.08 Å². The molecule has 4 nitrogen and oxygen atoms in total. The van der Waals surface area contributed by atoms with Gasteiger partial charge in [0.15, 0.2) is 0 Å². The summed E-state index contributed by atoms with van der Waals surface area (Å²) in [6, 6.07) is 0. The minimum Gasteiger partial charge on any atom is -0.475 e. The third kappa shape index (κ3) is 2.23. The minimum absolute atomic E-state index is 0.00896. The molecule has 15 heavy (non-hydrogen) atoms. The minimum atomic E-state index is -0.702. The Labute approximate surface area is 87.9 Å². The van der Waals surface area contributed by atoms with Crippen LogP contribution in [0.25, 0.3) is 0 Å². The molecule has 0 saturated carbocycles. The zero-order valence-electron chi connectivity index (χ0n) is 8.88. The Balaban J connectivity index is 2.38. The lowest BCUT2D eigenvalue weighted by Crippen LogP contribution is -2.27. The van der Waals surface area contributed by atoms with Crippen LogP contribution in [0, 0.1) is 6.08 Å². The van der Waals surface area contributed by atoms with Gasteiger partial charge in [-0.25, -0.2) is 4.98 Å². The largest absolute Gasteiger partial charge is 0.475 e. The summed E-state index contributed by atoms with van der Waals surface area (Å²) in [4.78, 5) is 7.47. The normalized spacial score (nSPS) is 15.2. The van der Waals surface area contributed by atoms with Crippen LogP contribution >= 0.6 is 0 Å². The van der Waals surface area contributed by atoms with Crippen molar-refractivity contribution in [2.75, 3.05) is 6.54 Å². The SMILES string of the molecule is CC(C)Oc1nc(F)nc2c1CNCC2. The fourth-order valence-corrected chi connectivity index (χ4v) is 1.60. The van der Waals surface area contributed by atoms with Gasteiger partial charge in [-0.2, -0.15) is 9.37 Å². The smallest absolute Gasteiger partial charge is 0.312 e. The van der Waals surface area contributed by atoms with Gasteiger partial charge in [0, 0.05) is 25.1 Å². The molecule has 0 unspecified atom stereocenters. The molecule has 82 valence electrons. The summed E-state index contributed by atoms with van der Waals surface area (Å²) in [6.45, 7) is 5.26. The van der Waals surface area contributed by atoms with E-state index in [1.54, 1.807) is 0 Å². The number of nitrogens with one attached hydrogen (secondary N) is 1. The lowest BCUT2D eigenvalue weighted by molar-refractivity contribution is 0.223. The standard InChI is InChI=1S/C10H14FN3O/c1-6(2)15-9-7-5-12-4-3-8(7)13-10(11)14-9/h6,12H,3-5H2,1-2H3. The van der Waals surface area contributed by atoms with E-state index in [0.29, 0.717) is 12.4 Å². The maximum atomic E-state index is 13.1. The molecule has 1 aliphatic rings. The number of nitrogens with zero attached hydrogens (tertiary/aromatic N) is 2. The van der Waals surface area contributed by atoms with Crippen molar-refractivity contribution in [2.45, 2.75) is 32.9 Å². The second-order valence-electron chi connectivity index (χ2n) is 3.82. The van der Waals surface area contributed by atoms with Crippen molar-refractivity contribution in [2.24, 2.45) is 0 Å². The maximum Gasteiger partial charge on any atom is 0.312 e. The fraction of sp³-hybridized carbons (Fsp3) is 0.600. The molecule has 0 spiro atoms. The highest BCUT2D eigenvalue weighted by Crippen LogP contribution is 2.22. The van der Waals surface area contributed by atoms with E-state index in [0.717, 1.165) is 24.2 Å². The molecule has 0 fully saturated rings. The van der Waals surface area contributed by atoms with Gasteiger partial charge in [0.25, 0.3) is 0 Å². The number of hydrogen-bond acceptors (Lipinski definition) is 4. The van der Waals surface area contributed by atoms with Crippen LogP contribution in [0.3, 0.4) is 0 Å². The first-order valence-corrected chi connectivity index (χ1v) is 5.09. The molecule has 0 aromatic carbocycles. The fourth-order valence-electron chi connectivity index (χ4n) is 1.60. The molecule has 0 amide bonds. The summed E-state index contributed by atoms with van der Waals surface area (Å²) in [5.74, 6) is 0.375. The summed E-state index contributed by atoms with van der Waals surface area (Å²) in [6.07, 6.45) is 0.0140. The van der Waals surface area contributed by atoms with Crippen molar-refractivity contribution < 1.29 is 9.13 Å². The van der Waals surface area contributed by atoms with Gasteiger partial charge in [-0.3, -0.25) is 0 Å². The molecule has 0 atom stereocenters. The highest BCUT2D eigenvalue weighted by Gasteiger charge is 2.19. The topological polar surface area (TPSA) is 47.0 Å². The summed E-state index contributed by atoms with van der Waals surface area (Å²) in [7, 11) is 0. The first-order chi connectivity index (χ1) is 7.16. The van der Waals surface area contributed by atoms with Crippen LogP contribution in [0.5, 0.6) is 5.88 Å². The second-order valence-corrected chi connectivity index (χ2v) is 3.82. The molecular weight excluding hydrogens is 197 g/mol. The molecule has 1 aromatic heterocycles. The third-order valence-electron chi connectivity index (χ3n) is 2.22. The van der Waals surface area contributed by atoms with Gasteiger partial charge in [-0.05, 0) is 13.8 Å². The quantitative estimate of drug-likeness (QED) is 0.743. The number of fused-ring (bicyclic) bond motifs is 1. The molecule has 2 heterocycles. The summed E-state index contributed by atoms with van der Waals surface area (Å²) in [5, 5.41) is 3.19. The molecule has 5 heteroatoms. The van der Waals surface area contributed by atoms with E-state index in [2.05, 4.69) is 15.3 Å². The average Bonchev–Trinajstić information content (AvgIpc) is 2.16. The number of rotatable bonds is 2. The van der Waals surface area contributed by atoms with Crippen LogP contribution in [-0.2, 0) is 13.0 Å². The number of halogens is 1. The summed E-state index contributed by atoms with van der Waals surface area (Å²) in [5.41, 5.74) is 1.65. The van der Waals surface area contributed by atoms with Crippen LogP contribution < -0.4 is 10.1 Å². The number of ether oxygens (including phenoxy) is 1. The van der Waals surface area contributed by atoms with Crippen LogP contribution in [0.2, 0.25) is 0 Å². The average molecular weight is 211 g/mol. The Hall–Kier alpha value is -1.23. The molecule has 2 rings (SSSR count). The lowest BCUT2D eigenvalue weighted by Gasteiger charge is -2.19. The molecule has 0 saturated heterocycles. The van der Waals surface area contributed by atoms with E-state index in [9.17, 15) is 4.39 Å². The van der Waals surface area contributed by atoms with E-state index >= 15 is 0 Å². The Morgan fingerprint density at radius 3 is 2.93 bits per heavy atom. The molecular formula is C10H14FN3O. The lowest BCUT2D eigenvalue weighted by atomic mass is 10.1. The van der Waals surface area contributed by atoms with Gasteiger partial charge < -0.3 is 10.1 Å². The Bertz CT molecular complexity index is 368. The summed E-state index contributed by atoms with van der Waals surface area (Å²) >= 11 is 0. The monoisotopic (exact) mass is 211 g/mol. The molecule has 1 aliphatic heterocycles. The van der Waals surface area contributed by atoms with E-state index < -0.39 is 6.08 Å². The van der Waals surface area contributed by atoms with Crippen LogP contribution in [-0.4, -0.2) is 22.6 Å². The predicted octanol–water partition coefficient (Wildman–Crippen LogP) is 1.05. The van der Waals surface area contributed by atoms with Crippen molar-refractivity contribution in [1.29, 1.82) is 0 Å². The molecule has 1 aromatic rings. The zero-order valence-corrected chi connectivity index (χ0v) is 8.88. The first kappa shape index (κ1) is 10.3. The van der Waals surface area contributed by atoms with Gasteiger partial charge in [-0.15, -0.1) is 0 Å². The molecule has 0 radical (unpaired) electrons. The van der Waals surface area contributed by atoms with Crippen molar-refractivity contribution in [3.8, 4) is 5.88 Å². The van der Waals surface area contributed by atoms with Crippen molar-refractivity contribution in [3.05, 3.63) is 17.3 Å². The van der Waals surface area contributed by atoms with Crippen molar-refractivity contribution in [1.82, 2.24) is 15.3 Å². The van der Waals surface area contributed by atoms with E-state index in [1.165, 1.54) is 0 Å². The molecule has 0 bridgehead atoms.